The van der Waals surface area contributed by atoms with E-state index in [2.05, 4.69) is 10.6 Å². The molecule has 0 fully saturated rings. The molecule has 0 radical (unpaired) electrons. The molecule has 0 spiro atoms. The number of benzene rings is 1. The van der Waals surface area contributed by atoms with Crippen molar-refractivity contribution >= 4 is 17.6 Å². The van der Waals surface area contributed by atoms with Crippen molar-refractivity contribution in [1.82, 2.24) is 5.32 Å². The number of anilines is 1. The monoisotopic (exact) mass is 266 g/mol. The number of rotatable bonds is 7. The first-order valence-electron chi connectivity index (χ1n) is 5.93. The number of nitrogens with one attached hydrogen (secondary N) is 2. The van der Waals surface area contributed by atoms with Crippen molar-refractivity contribution in [3.63, 3.8) is 0 Å². The zero-order chi connectivity index (χ0) is 14.3. The summed E-state index contributed by atoms with van der Waals surface area (Å²) in [4.78, 5) is 22.1. The lowest BCUT2D eigenvalue weighted by Crippen LogP contribution is -2.28. The van der Waals surface area contributed by atoms with Crippen LogP contribution in [0.3, 0.4) is 0 Å². The molecule has 1 aromatic carbocycles. The van der Waals surface area contributed by atoms with Crippen molar-refractivity contribution in [2.24, 2.45) is 5.92 Å². The number of carboxylic acids is 1. The van der Waals surface area contributed by atoms with Gasteiger partial charge in [0.1, 0.15) is 5.75 Å². The maximum atomic E-state index is 11.7. The number of aliphatic carboxylic acids is 1. The summed E-state index contributed by atoms with van der Waals surface area (Å²) in [7, 11) is 1.79. The predicted octanol–water partition coefficient (Wildman–Crippen LogP) is 0.944. The van der Waals surface area contributed by atoms with Crippen LogP contribution in [-0.2, 0) is 9.59 Å². The smallest absolute Gasteiger partial charge is 0.341 e. The van der Waals surface area contributed by atoms with Crippen LogP contribution in [0.2, 0.25) is 0 Å². The minimum atomic E-state index is -1.03. The van der Waals surface area contributed by atoms with Gasteiger partial charge in [-0.25, -0.2) is 4.79 Å². The fraction of sp³-hybridized carbons (Fsp3) is 0.385. The molecule has 0 aromatic heterocycles. The normalized spacial score (nSPS) is 11.7. The van der Waals surface area contributed by atoms with Gasteiger partial charge in [0, 0.05) is 18.2 Å². The van der Waals surface area contributed by atoms with Crippen molar-refractivity contribution in [3.8, 4) is 5.75 Å². The average molecular weight is 266 g/mol. The summed E-state index contributed by atoms with van der Waals surface area (Å²) in [5.74, 6) is -0.788. The van der Waals surface area contributed by atoms with Crippen molar-refractivity contribution in [2.75, 3.05) is 25.5 Å². The van der Waals surface area contributed by atoms with Crippen LogP contribution >= 0.6 is 0 Å². The lowest BCUT2D eigenvalue weighted by Gasteiger charge is -2.12. The third-order valence-corrected chi connectivity index (χ3v) is 2.44. The third kappa shape index (κ3) is 5.39. The van der Waals surface area contributed by atoms with Crippen LogP contribution in [0.5, 0.6) is 5.75 Å². The van der Waals surface area contributed by atoms with Gasteiger partial charge >= 0.3 is 5.97 Å². The van der Waals surface area contributed by atoms with Crippen molar-refractivity contribution < 1.29 is 19.4 Å². The minimum absolute atomic E-state index is 0.0754. The van der Waals surface area contributed by atoms with Crippen molar-refractivity contribution in [2.45, 2.75) is 6.92 Å². The van der Waals surface area contributed by atoms with Crippen molar-refractivity contribution in [1.29, 1.82) is 0 Å². The zero-order valence-corrected chi connectivity index (χ0v) is 11.0. The van der Waals surface area contributed by atoms with E-state index < -0.39 is 5.97 Å². The molecule has 0 aliphatic carbocycles. The number of hydrogen-bond donors (Lipinski definition) is 3. The minimum Gasteiger partial charge on any atom is -0.482 e. The predicted molar refractivity (Wildman–Crippen MR) is 71.3 cm³/mol. The summed E-state index contributed by atoms with van der Waals surface area (Å²) < 4.78 is 4.99. The Kier molecular flexibility index (Phi) is 5.81. The van der Waals surface area contributed by atoms with Crippen molar-refractivity contribution in [3.05, 3.63) is 24.3 Å². The SMILES string of the molecule is CNCC(C)C(=O)Nc1ccc(OCC(=O)O)cc1. The quantitative estimate of drug-likeness (QED) is 0.683. The highest BCUT2D eigenvalue weighted by molar-refractivity contribution is 5.92. The number of carbonyl (C=O) groups is 2. The molecule has 1 amide bonds. The molecule has 0 aliphatic heterocycles. The second-order valence-corrected chi connectivity index (χ2v) is 4.15. The molecule has 1 unspecified atom stereocenters. The first kappa shape index (κ1) is 15.0. The molecule has 0 heterocycles. The highest BCUT2D eigenvalue weighted by Crippen LogP contribution is 2.16. The molecule has 0 saturated heterocycles. The molecule has 3 N–H and O–H groups in total. The molecule has 6 nitrogen and oxygen atoms in total. The second kappa shape index (κ2) is 7.38. The number of hydrogen-bond acceptors (Lipinski definition) is 4. The molecule has 0 bridgehead atoms. The third-order valence-electron chi connectivity index (χ3n) is 2.44. The van der Waals surface area contributed by atoms with Gasteiger partial charge in [0.15, 0.2) is 6.61 Å². The molecule has 1 aromatic rings. The lowest BCUT2D eigenvalue weighted by atomic mass is 10.1. The summed E-state index contributed by atoms with van der Waals surface area (Å²) in [6.07, 6.45) is 0. The largest absolute Gasteiger partial charge is 0.482 e. The Balaban J connectivity index is 2.52. The Morgan fingerprint density at radius 2 is 1.95 bits per heavy atom. The summed E-state index contributed by atoms with van der Waals surface area (Å²) >= 11 is 0. The summed E-state index contributed by atoms with van der Waals surface area (Å²) in [5.41, 5.74) is 0.649. The molecule has 0 aliphatic rings. The molecular weight excluding hydrogens is 248 g/mol. The van der Waals surface area contributed by atoms with Gasteiger partial charge in [0.05, 0.1) is 0 Å². The van der Waals surface area contributed by atoms with Crippen LogP contribution in [0.4, 0.5) is 5.69 Å². The van der Waals surface area contributed by atoms with E-state index in [9.17, 15) is 9.59 Å². The number of amides is 1. The van der Waals surface area contributed by atoms with Gasteiger partial charge in [0.2, 0.25) is 5.91 Å². The maximum Gasteiger partial charge on any atom is 0.341 e. The van der Waals surface area contributed by atoms with E-state index in [1.54, 1.807) is 31.3 Å². The topological polar surface area (TPSA) is 87.7 Å². The molecule has 104 valence electrons. The molecular formula is C13H18N2O4. The van der Waals surface area contributed by atoms with E-state index >= 15 is 0 Å². The van der Waals surface area contributed by atoms with Crippen LogP contribution < -0.4 is 15.4 Å². The molecule has 6 heteroatoms. The van der Waals surface area contributed by atoms with E-state index in [1.165, 1.54) is 0 Å². The van der Waals surface area contributed by atoms with Gasteiger partial charge in [-0.15, -0.1) is 0 Å². The van der Waals surface area contributed by atoms with Crippen LogP contribution in [0, 0.1) is 5.92 Å². The highest BCUT2D eigenvalue weighted by atomic mass is 16.5. The van der Waals surface area contributed by atoms with Gasteiger partial charge in [-0.3, -0.25) is 4.79 Å². The van der Waals surface area contributed by atoms with Crippen LogP contribution in [0.15, 0.2) is 24.3 Å². The Morgan fingerprint density at radius 1 is 1.32 bits per heavy atom. The second-order valence-electron chi connectivity index (χ2n) is 4.15. The summed E-state index contributed by atoms with van der Waals surface area (Å²) in [5, 5.41) is 14.2. The zero-order valence-electron chi connectivity index (χ0n) is 11.0. The van der Waals surface area contributed by atoms with Gasteiger partial charge in [0.25, 0.3) is 0 Å². The average Bonchev–Trinajstić information content (AvgIpc) is 2.38. The maximum absolute atomic E-state index is 11.7. The Labute approximate surface area is 111 Å². The van der Waals surface area contributed by atoms with E-state index in [0.29, 0.717) is 18.0 Å². The fourth-order valence-corrected chi connectivity index (χ4v) is 1.44. The van der Waals surface area contributed by atoms with E-state index in [1.807, 2.05) is 6.92 Å². The van der Waals surface area contributed by atoms with Gasteiger partial charge < -0.3 is 20.5 Å². The van der Waals surface area contributed by atoms with Crippen LogP contribution in [0.1, 0.15) is 6.92 Å². The van der Waals surface area contributed by atoms with Gasteiger partial charge in [-0.2, -0.15) is 0 Å². The Morgan fingerprint density at radius 3 is 2.47 bits per heavy atom. The van der Waals surface area contributed by atoms with Crippen LogP contribution in [-0.4, -0.2) is 37.2 Å². The molecule has 0 saturated carbocycles. The Bertz CT molecular complexity index is 431. The van der Waals surface area contributed by atoms with Gasteiger partial charge in [-0.05, 0) is 31.3 Å². The highest BCUT2D eigenvalue weighted by Gasteiger charge is 2.11. The number of ether oxygens (including phenoxy) is 1. The van der Waals surface area contributed by atoms with E-state index in [0.717, 1.165) is 0 Å². The first-order valence-corrected chi connectivity index (χ1v) is 5.93. The summed E-state index contributed by atoms with van der Waals surface area (Å²) in [6.45, 7) is 2.05. The van der Waals surface area contributed by atoms with Crippen LogP contribution in [0.25, 0.3) is 0 Å². The molecule has 19 heavy (non-hydrogen) atoms. The van der Waals surface area contributed by atoms with E-state index in [4.69, 9.17) is 9.84 Å². The fourth-order valence-electron chi connectivity index (χ4n) is 1.44. The lowest BCUT2D eigenvalue weighted by molar-refractivity contribution is -0.139. The number of carbonyl (C=O) groups excluding carboxylic acids is 1. The standard InChI is InChI=1S/C13H18N2O4/c1-9(7-14-2)13(18)15-10-3-5-11(6-4-10)19-8-12(16)17/h3-6,9,14H,7-8H2,1-2H3,(H,15,18)(H,16,17). The summed E-state index contributed by atoms with van der Waals surface area (Å²) in [6, 6.07) is 6.56. The first-order chi connectivity index (χ1) is 9.02. The Hall–Kier alpha value is -2.08. The van der Waals surface area contributed by atoms with E-state index in [-0.39, 0.29) is 18.4 Å². The molecule has 1 atom stereocenters. The van der Waals surface area contributed by atoms with Gasteiger partial charge in [-0.1, -0.05) is 6.92 Å². The molecule has 1 rings (SSSR count). The number of carboxylic acid groups (broad SMARTS) is 1.